The predicted molar refractivity (Wildman–Crippen MR) is 57.3 cm³/mol. The Hall–Kier alpha value is -1.71. The smallest absolute Gasteiger partial charge is 0.337 e. The average molecular weight is 224 g/mol. The van der Waals surface area contributed by atoms with Crippen LogP contribution >= 0.6 is 0 Å². The van der Waals surface area contributed by atoms with E-state index in [1.54, 1.807) is 0 Å². The standard InChI is InChI=1S/C12H13FO3/c1-8(13)7-11(14)9-3-5-10(6-4-9)12(15)16-2/h3-6,8H,7H2,1-2H3/t8-/m1/s1. The van der Waals surface area contributed by atoms with E-state index in [1.165, 1.54) is 38.3 Å². The Balaban J connectivity index is 2.78. The number of ether oxygens (including phenoxy) is 1. The van der Waals surface area contributed by atoms with E-state index >= 15 is 0 Å². The summed E-state index contributed by atoms with van der Waals surface area (Å²) in [6, 6.07) is 5.97. The van der Waals surface area contributed by atoms with Crippen molar-refractivity contribution in [3.05, 3.63) is 35.4 Å². The highest BCUT2D eigenvalue weighted by atomic mass is 19.1. The Morgan fingerprint density at radius 1 is 1.25 bits per heavy atom. The minimum absolute atomic E-state index is 0.141. The lowest BCUT2D eigenvalue weighted by Gasteiger charge is -2.03. The zero-order chi connectivity index (χ0) is 12.1. The van der Waals surface area contributed by atoms with E-state index in [-0.39, 0.29) is 12.2 Å². The molecule has 0 saturated carbocycles. The highest BCUT2D eigenvalue weighted by Crippen LogP contribution is 2.10. The quantitative estimate of drug-likeness (QED) is 0.582. The maximum Gasteiger partial charge on any atom is 0.337 e. The van der Waals surface area contributed by atoms with Crippen LogP contribution in [0.5, 0.6) is 0 Å². The Morgan fingerprint density at radius 3 is 2.19 bits per heavy atom. The summed E-state index contributed by atoms with van der Waals surface area (Å²) in [5.74, 6) is -0.732. The number of carbonyl (C=O) groups excluding carboxylic acids is 2. The number of rotatable bonds is 4. The number of benzene rings is 1. The largest absolute Gasteiger partial charge is 0.465 e. The maximum absolute atomic E-state index is 12.6. The lowest BCUT2D eigenvalue weighted by molar-refractivity contribution is 0.0600. The first-order chi connectivity index (χ1) is 7.54. The summed E-state index contributed by atoms with van der Waals surface area (Å²) < 4.78 is 17.1. The fraction of sp³-hybridized carbons (Fsp3) is 0.333. The highest BCUT2D eigenvalue weighted by Gasteiger charge is 2.11. The Morgan fingerprint density at radius 2 is 1.75 bits per heavy atom. The topological polar surface area (TPSA) is 43.4 Å². The average Bonchev–Trinajstić information content (AvgIpc) is 2.27. The van der Waals surface area contributed by atoms with E-state index in [4.69, 9.17) is 0 Å². The van der Waals surface area contributed by atoms with Crippen LogP contribution in [0.1, 0.15) is 34.1 Å². The first-order valence-corrected chi connectivity index (χ1v) is 4.90. The van der Waals surface area contributed by atoms with Crippen molar-refractivity contribution in [2.75, 3.05) is 7.11 Å². The van der Waals surface area contributed by atoms with Gasteiger partial charge in [0.05, 0.1) is 12.7 Å². The van der Waals surface area contributed by atoms with Gasteiger partial charge in [-0.2, -0.15) is 0 Å². The molecule has 0 bridgehead atoms. The molecule has 1 aromatic carbocycles. The molecule has 16 heavy (non-hydrogen) atoms. The molecule has 1 atom stereocenters. The third-order valence-corrected chi connectivity index (χ3v) is 2.09. The van der Waals surface area contributed by atoms with E-state index in [9.17, 15) is 14.0 Å². The lowest BCUT2D eigenvalue weighted by atomic mass is 10.0. The molecule has 1 aromatic rings. The molecule has 0 saturated heterocycles. The van der Waals surface area contributed by atoms with Crippen molar-refractivity contribution < 1.29 is 18.7 Å². The van der Waals surface area contributed by atoms with Crippen LogP contribution in [0.3, 0.4) is 0 Å². The zero-order valence-electron chi connectivity index (χ0n) is 9.20. The summed E-state index contributed by atoms with van der Waals surface area (Å²) in [5, 5.41) is 0. The molecule has 1 rings (SSSR count). The van der Waals surface area contributed by atoms with Gasteiger partial charge >= 0.3 is 5.97 Å². The van der Waals surface area contributed by atoms with Gasteiger partial charge in [-0.15, -0.1) is 0 Å². The van der Waals surface area contributed by atoms with Crippen LogP contribution in [0.15, 0.2) is 24.3 Å². The van der Waals surface area contributed by atoms with Crippen molar-refractivity contribution in [2.45, 2.75) is 19.5 Å². The molecule has 0 N–H and O–H groups in total. The summed E-state index contributed by atoms with van der Waals surface area (Å²) >= 11 is 0. The van der Waals surface area contributed by atoms with Crippen molar-refractivity contribution >= 4 is 11.8 Å². The van der Waals surface area contributed by atoms with Gasteiger partial charge < -0.3 is 4.74 Å². The number of hydrogen-bond donors (Lipinski definition) is 0. The van der Waals surface area contributed by atoms with E-state index in [0.29, 0.717) is 11.1 Å². The van der Waals surface area contributed by atoms with Gasteiger partial charge in [-0.05, 0) is 19.1 Å². The minimum atomic E-state index is -1.16. The lowest BCUT2D eigenvalue weighted by Crippen LogP contribution is -2.07. The molecule has 3 nitrogen and oxygen atoms in total. The molecule has 0 aliphatic rings. The van der Waals surface area contributed by atoms with Gasteiger partial charge in [0.25, 0.3) is 0 Å². The van der Waals surface area contributed by atoms with Gasteiger partial charge in [-0.1, -0.05) is 12.1 Å². The monoisotopic (exact) mass is 224 g/mol. The number of methoxy groups -OCH3 is 1. The fourth-order valence-electron chi connectivity index (χ4n) is 1.28. The van der Waals surface area contributed by atoms with E-state index in [2.05, 4.69) is 4.74 Å². The van der Waals surface area contributed by atoms with Crippen LogP contribution in [0.25, 0.3) is 0 Å². The second-order valence-corrected chi connectivity index (χ2v) is 3.48. The Kier molecular flexibility index (Phi) is 4.17. The number of ketones is 1. The number of alkyl halides is 1. The maximum atomic E-state index is 12.6. The SMILES string of the molecule is COC(=O)c1ccc(C(=O)C[C@@H](C)F)cc1. The van der Waals surface area contributed by atoms with Crippen LogP contribution in [-0.2, 0) is 4.74 Å². The molecule has 0 heterocycles. The number of hydrogen-bond acceptors (Lipinski definition) is 3. The van der Waals surface area contributed by atoms with Gasteiger partial charge in [0, 0.05) is 12.0 Å². The number of esters is 1. The first kappa shape index (κ1) is 12.4. The third-order valence-electron chi connectivity index (χ3n) is 2.09. The summed E-state index contributed by atoms with van der Waals surface area (Å²) in [4.78, 5) is 22.6. The number of halogens is 1. The van der Waals surface area contributed by atoms with Gasteiger partial charge in [0.1, 0.15) is 6.17 Å². The summed E-state index contributed by atoms with van der Waals surface area (Å²) in [7, 11) is 1.28. The van der Waals surface area contributed by atoms with E-state index in [1.807, 2.05) is 0 Å². The van der Waals surface area contributed by atoms with Crippen LogP contribution < -0.4 is 0 Å². The van der Waals surface area contributed by atoms with Crippen molar-refractivity contribution in [3.63, 3.8) is 0 Å². The zero-order valence-corrected chi connectivity index (χ0v) is 9.20. The van der Waals surface area contributed by atoms with Gasteiger partial charge in [0.2, 0.25) is 0 Å². The second-order valence-electron chi connectivity index (χ2n) is 3.48. The minimum Gasteiger partial charge on any atom is -0.465 e. The van der Waals surface area contributed by atoms with E-state index in [0.717, 1.165) is 0 Å². The molecule has 0 amide bonds. The highest BCUT2D eigenvalue weighted by molar-refractivity contribution is 5.97. The molecule has 4 heteroatoms. The molecular weight excluding hydrogens is 211 g/mol. The normalized spacial score (nSPS) is 11.9. The van der Waals surface area contributed by atoms with Crippen LogP contribution in [0.2, 0.25) is 0 Å². The van der Waals surface area contributed by atoms with Crippen molar-refractivity contribution in [1.29, 1.82) is 0 Å². The number of carbonyl (C=O) groups is 2. The van der Waals surface area contributed by atoms with Crippen LogP contribution in [-0.4, -0.2) is 25.0 Å². The van der Waals surface area contributed by atoms with Gasteiger partial charge in [-0.3, -0.25) is 4.79 Å². The molecule has 0 fully saturated rings. The molecule has 0 aliphatic heterocycles. The first-order valence-electron chi connectivity index (χ1n) is 4.90. The summed E-state index contributed by atoms with van der Waals surface area (Å²) in [6.45, 7) is 1.33. The summed E-state index contributed by atoms with van der Waals surface area (Å²) in [6.07, 6.45) is -1.30. The van der Waals surface area contributed by atoms with Gasteiger partial charge in [-0.25, -0.2) is 9.18 Å². The fourth-order valence-corrected chi connectivity index (χ4v) is 1.28. The van der Waals surface area contributed by atoms with Crippen molar-refractivity contribution in [1.82, 2.24) is 0 Å². The predicted octanol–water partition coefficient (Wildman–Crippen LogP) is 2.40. The van der Waals surface area contributed by atoms with Gasteiger partial charge in [0.15, 0.2) is 5.78 Å². The second kappa shape index (κ2) is 5.39. The number of Topliss-reactive ketones (excluding diaryl/α,β-unsaturated/α-hetero) is 1. The summed E-state index contributed by atoms with van der Waals surface area (Å²) in [5.41, 5.74) is 0.768. The molecule has 86 valence electrons. The van der Waals surface area contributed by atoms with E-state index < -0.39 is 12.1 Å². The van der Waals surface area contributed by atoms with Crippen LogP contribution in [0, 0.1) is 0 Å². The molecule has 0 aliphatic carbocycles. The molecule has 0 aromatic heterocycles. The van der Waals surface area contributed by atoms with Crippen molar-refractivity contribution in [3.8, 4) is 0 Å². The molecule has 0 unspecified atom stereocenters. The molecular formula is C12H13FO3. The van der Waals surface area contributed by atoms with Crippen LogP contribution in [0.4, 0.5) is 4.39 Å². The molecule has 0 radical (unpaired) electrons. The van der Waals surface area contributed by atoms with Crippen molar-refractivity contribution in [2.24, 2.45) is 0 Å². The third kappa shape index (κ3) is 3.15. The molecule has 0 spiro atoms. The Labute approximate surface area is 93.2 Å². The Bertz CT molecular complexity index is 382.